The molecule has 3 aromatic carbocycles. The van der Waals surface area contributed by atoms with E-state index in [2.05, 4.69) is 67.4 Å². The first-order valence-corrected chi connectivity index (χ1v) is 20.7. The van der Waals surface area contributed by atoms with Gasteiger partial charge in [0.15, 0.2) is 6.29 Å². The van der Waals surface area contributed by atoms with Gasteiger partial charge in [-0.15, -0.1) is 0 Å². The number of amides is 1. The normalized spacial score (nSPS) is 18.5. The predicted octanol–water partition coefficient (Wildman–Crippen LogP) is 10.1. The molecule has 1 saturated heterocycles. The van der Waals surface area contributed by atoms with Gasteiger partial charge in [-0.25, -0.2) is 0 Å². The van der Waals surface area contributed by atoms with E-state index >= 15 is 0 Å². The average molecular weight is 743 g/mol. The SMILES string of the molecule is CCCCCCCCN(CCCCCCCC)C[C@H]1O[C@@H](c2ccc(-c3cccc(CNC(=O)CCC(=O)O)c3)cc2)O[C@@H](c2ccc(CO)cc2)[C@H]1C. The fourth-order valence-electron chi connectivity index (χ4n) is 7.31. The van der Waals surface area contributed by atoms with Crippen molar-refractivity contribution >= 4 is 11.9 Å². The molecule has 3 N–H and O–H groups in total. The van der Waals surface area contributed by atoms with Gasteiger partial charge >= 0.3 is 5.97 Å². The Bertz CT molecular complexity index is 1490. The number of hydrogen-bond donors (Lipinski definition) is 3. The van der Waals surface area contributed by atoms with Crippen molar-refractivity contribution in [1.29, 1.82) is 0 Å². The number of aliphatic hydroxyl groups is 1. The number of benzene rings is 3. The minimum atomic E-state index is -0.981. The maximum Gasteiger partial charge on any atom is 0.303 e. The van der Waals surface area contributed by atoms with Crippen LogP contribution in [0.4, 0.5) is 0 Å². The lowest BCUT2D eigenvalue weighted by Gasteiger charge is -2.43. The summed E-state index contributed by atoms with van der Waals surface area (Å²) in [5, 5.41) is 21.4. The van der Waals surface area contributed by atoms with E-state index < -0.39 is 12.3 Å². The van der Waals surface area contributed by atoms with E-state index in [1.54, 1.807) is 0 Å². The summed E-state index contributed by atoms with van der Waals surface area (Å²) in [5.41, 5.74) is 5.96. The van der Waals surface area contributed by atoms with Gasteiger partial charge in [0.05, 0.1) is 25.2 Å². The number of carboxylic acids is 1. The number of hydrogen-bond acceptors (Lipinski definition) is 6. The lowest BCUT2D eigenvalue weighted by Crippen LogP contribution is -2.45. The van der Waals surface area contributed by atoms with Gasteiger partial charge in [-0.3, -0.25) is 9.59 Å². The summed E-state index contributed by atoms with van der Waals surface area (Å²) in [4.78, 5) is 25.5. The molecule has 3 aromatic rings. The van der Waals surface area contributed by atoms with E-state index in [0.717, 1.165) is 53.0 Å². The van der Waals surface area contributed by atoms with Gasteiger partial charge in [0.25, 0.3) is 0 Å². The van der Waals surface area contributed by atoms with Crippen LogP contribution in [-0.4, -0.2) is 52.7 Å². The molecule has 54 heavy (non-hydrogen) atoms. The van der Waals surface area contributed by atoms with Gasteiger partial charge in [0.2, 0.25) is 5.91 Å². The molecular weight excluding hydrogens is 677 g/mol. The zero-order chi connectivity index (χ0) is 38.5. The number of nitrogens with zero attached hydrogens (tertiary/aromatic N) is 1. The van der Waals surface area contributed by atoms with Crippen molar-refractivity contribution in [1.82, 2.24) is 10.2 Å². The van der Waals surface area contributed by atoms with Crippen LogP contribution < -0.4 is 5.32 Å². The Labute approximate surface area is 324 Å². The average Bonchev–Trinajstić information content (AvgIpc) is 3.19. The molecule has 1 heterocycles. The van der Waals surface area contributed by atoms with Crippen LogP contribution in [0.1, 0.15) is 145 Å². The number of carbonyl (C=O) groups excluding carboxylic acids is 1. The summed E-state index contributed by atoms with van der Waals surface area (Å²) < 4.78 is 13.7. The van der Waals surface area contributed by atoms with E-state index in [1.807, 2.05) is 36.4 Å². The van der Waals surface area contributed by atoms with Crippen LogP contribution in [0.2, 0.25) is 0 Å². The molecule has 4 rings (SSSR count). The summed E-state index contributed by atoms with van der Waals surface area (Å²) >= 11 is 0. The molecule has 1 aliphatic rings. The van der Waals surface area contributed by atoms with Crippen molar-refractivity contribution in [2.45, 2.75) is 142 Å². The maximum atomic E-state index is 12.1. The number of aliphatic hydroxyl groups excluding tert-OH is 1. The van der Waals surface area contributed by atoms with Gasteiger partial charge in [0.1, 0.15) is 0 Å². The second kappa shape index (κ2) is 24.1. The first-order chi connectivity index (χ1) is 26.3. The van der Waals surface area contributed by atoms with Crippen LogP contribution in [0, 0.1) is 5.92 Å². The molecule has 8 heteroatoms. The molecular formula is C46H66N2O6. The highest BCUT2D eigenvalue weighted by Crippen LogP contribution is 2.42. The van der Waals surface area contributed by atoms with E-state index in [9.17, 15) is 14.7 Å². The van der Waals surface area contributed by atoms with Gasteiger partial charge in [-0.05, 0) is 59.8 Å². The highest BCUT2D eigenvalue weighted by Gasteiger charge is 2.39. The Morgan fingerprint density at radius 2 is 1.31 bits per heavy atom. The third kappa shape index (κ3) is 14.6. The van der Waals surface area contributed by atoms with Crippen molar-refractivity contribution in [2.75, 3.05) is 19.6 Å². The Kier molecular flexibility index (Phi) is 19.2. The highest BCUT2D eigenvalue weighted by molar-refractivity contribution is 5.80. The third-order valence-electron chi connectivity index (χ3n) is 10.7. The molecule has 0 saturated carbocycles. The molecule has 0 radical (unpaired) electrons. The number of unbranched alkanes of at least 4 members (excludes halogenated alkanes) is 10. The molecule has 0 spiro atoms. The molecule has 0 aliphatic carbocycles. The molecule has 1 amide bonds. The topological polar surface area (TPSA) is 108 Å². The van der Waals surface area contributed by atoms with Gasteiger partial charge in [0, 0.05) is 31.0 Å². The van der Waals surface area contributed by atoms with Crippen molar-refractivity contribution in [3.63, 3.8) is 0 Å². The van der Waals surface area contributed by atoms with Gasteiger partial charge in [-0.1, -0.05) is 152 Å². The van der Waals surface area contributed by atoms with E-state index in [0.29, 0.717) is 6.54 Å². The Hall–Kier alpha value is -3.56. The molecule has 0 unspecified atom stereocenters. The second-order valence-corrected chi connectivity index (χ2v) is 15.2. The number of aliphatic carboxylic acids is 1. The Morgan fingerprint density at radius 3 is 1.93 bits per heavy atom. The fraction of sp³-hybridized carbons (Fsp3) is 0.565. The molecule has 0 bridgehead atoms. The van der Waals surface area contributed by atoms with Crippen molar-refractivity contribution < 1.29 is 29.3 Å². The smallest absolute Gasteiger partial charge is 0.303 e. The minimum Gasteiger partial charge on any atom is -0.481 e. The minimum absolute atomic E-state index is 0.0122. The van der Waals surface area contributed by atoms with E-state index in [4.69, 9.17) is 14.6 Å². The van der Waals surface area contributed by atoms with Crippen LogP contribution >= 0.6 is 0 Å². The number of ether oxygens (including phenoxy) is 2. The Balaban J connectivity index is 1.49. The largest absolute Gasteiger partial charge is 0.481 e. The summed E-state index contributed by atoms with van der Waals surface area (Å²) in [6.45, 7) is 10.2. The summed E-state index contributed by atoms with van der Waals surface area (Å²) in [6, 6.07) is 24.5. The van der Waals surface area contributed by atoms with Crippen molar-refractivity contribution in [3.05, 3.63) is 95.1 Å². The van der Waals surface area contributed by atoms with Crippen LogP contribution in [0.15, 0.2) is 72.8 Å². The summed E-state index contributed by atoms with van der Waals surface area (Å²) in [7, 11) is 0. The third-order valence-corrected chi connectivity index (χ3v) is 10.7. The molecule has 0 aromatic heterocycles. The molecule has 1 fully saturated rings. The van der Waals surface area contributed by atoms with Gasteiger partial charge in [-0.2, -0.15) is 0 Å². The lowest BCUT2D eigenvalue weighted by molar-refractivity contribution is -0.276. The summed E-state index contributed by atoms with van der Waals surface area (Å²) in [5.74, 6) is -1.13. The monoisotopic (exact) mass is 742 g/mol. The maximum absolute atomic E-state index is 12.1. The quantitative estimate of drug-likeness (QED) is 0.0742. The van der Waals surface area contributed by atoms with Crippen molar-refractivity contribution in [2.24, 2.45) is 5.92 Å². The fourth-order valence-corrected chi connectivity index (χ4v) is 7.31. The highest BCUT2D eigenvalue weighted by atomic mass is 16.7. The van der Waals surface area contributed by atoms with E-state index in [1.165, 1.54) is 77.0 Å². The second-order valence-electron chi connectivity index (χ2n) is 15.2. The standard InChI is InChI=1S/C46H66N2O6/c1-4-6-8-10-12-14-29-48(30-15-13-11-9-7-5-2)33-42-35(3)45(39-21-19-36(34-49)20-22-39)54-46(53-42)40-25-23-38(24-26-40)41-18-16-17-37(31-41)32-47-43(50)27-28-44(51)52/h16-26,31,35,42,45-46,49H,4-15,27-30,32-34H2,1-3H3,(H,47,50)(H,51,52)/t35-,42+,45+,46+/m0/s1. The predicted molar refractivity (Wildman–Crippen MR) is 217 cm³/mol. The van der Waals surface area contributed by atoms with Crippen LogP contribution in [0.5, 0.6) is 0 Å². The Morgan fingerprint density at radius 1 is 0.704 bits per heavy atom. The molecule has 4 atom stereocenters. The number of carbonyl (C=O) groups is 2. The zero-order valence-electron chi connectivity index (χ0n) is 33.1. The van der Waals surface area contributed by atoms with Crippen LogP contribution in [0.3, 0.4) is 0 Å². The van der Waals surface area contributed by atoms with Crippen molar-refractivity contribution in [3.8, 4) is 11.1 Å². The zero-order valence-corrected chi connectivity index (χ0v) is 33.1. The number of rotatable bonds is 25. The summed E-state index contributed by atoms with van der Waals surface area (Å²) in [6.07, 6.45) is 14.5. The first-order valence-electron chi connectivity index (χ1n) is 20.7. The lowest BCUT2D eigenvalue weighted by atomic mass is 9.89. The number of carboxylic acid groups (broad SMARTS) is 1. The van der Waals surface area contributed by atoms with Gasteiger partial charge < -0.3 is 29.9 Å². The first kappa shape index (κ1) is 43.2. The molecule has 1 aliphatic heterocycles. The van der Waals surface area contributed by atoms with E-state index in [-0.39, 0.29) is 43.5 Å². The van der Waals surface area contributed by atoms with Crippen LogP contribution in [0.25, 0.3) is 11.1 Å². The molecule has 296 valence electrons. The molecule has 8 nitrogen and oxygen atoms in total. The van der Waals surface area contributed by atoms with Crippen LogP contribution in [-0.2, 0) is 32.2 Å². The number of nitrogens with one attached hydrogen (secondary N) is 1.